The predicted octanol–water partition coefficient (Wildman–Crippen LogP) is 8.76. The van der Waals surface area contributed by atoms with Gasteiger partial charge in [-0.15, -0.1) is 22.7 Å². The van der Waals surface area contributed by atoms with Crippen LogP contribution in [0.15, 0.2) is 76.2 Å². The molecule has 0 radical (unpaired) electrons. The summed E-state index contributed by atoms with van der Waals surface area (Å²) in [5.41, 5.74) is -1.54. The number of thiophene rings is 2. The minimum Gasteiger partial charge on any atom is -0.506 e. The first-order valence-corrected chi connectivity index (χ1v) is 24.9. The lowest BCUT2D eigenvalue weighted by molar-refractivity contribution is -0.169. The van der Waals surface area contributed by atoms with Crippen LogP contribution < -0.4 is 16.2 Å². The highest BCUT2D eigenvalue weighted by Crippen LogP contribution is 2.42. The summed E-state index contributed by atoms with van der Waals surface area (Å²) in [6.45, 7) is 11.1. The standard InChI is InChI=1S/C44H54F2N4O8S2Si/c1-43(2,3)61(5,6)58-36(30-15-17-35(51)40-31(30)16-18-39(52)49-40)26-47-25-27-23-33(46)34(24-32(27)45)48-42(54)56-20-19-50(4)28-11-13-29(14-12-28)57-41(53)44(55,37-9-7-21-59-37)38-10-8-22-60-38/h7-10,15-18,21-24,28-29,36,47,51,55H,11-14,19-20,25-26H2,1-6H3,(H,48,54)(H,49,52)/t28?,29?,36-/m1/s1. The maximum Gasteiger partial charge on any atom is 0.411 e. The summed E-state index contributed by atoms with van der Waals surface area (Å²) in [6, 6.07) is 15.3. The summed E-state index contributed by atoms with van der Waals surface area (Å²) < 4.78 is 48.6. The Hall–Kier alpha value is -4.49. The summed E-state index contributed by atoms with van der Waals surface area (Å²) >= 11 is 2.59. The number of aliphatic hydroxyl groups is 1. The number of carbonyl (C=O) groups excluding carboxylic acids is 2. The number of aromatic nitrogens is 1. The second-order valence-corrected chi connectivity index (χ2v) is 23.6. The Morgan fingerprint density at radius 3 is 2.28 bits per heavy atom. The van der Waals surface area contributed by atoms with Crippen molar-refractivity contribution in [1.82, 2.24) is 15.2 Å². The Morgan fingerprint density at radius 2 is 1.66 bits per heavy atom. The van der Waals surface area contributed by atoms with Crippen LogP contribution in [0.25, 0.3) is 10.9 Å². The number of aromatic amines is 1. The number of likely N-dealkylation sites (N-methyl/N-ethyl adjacent to an activating group) is 1. The van der Waals surface area contributed by atoms with Crippen LogP contribution in [-0.2, 0) is 30.8 Å². The molecule has 0 unspecified atom stereocenters. The molecule has 0 spiro atoms. The van der Waals surface area contributed by atoms with Gasteiger partial charge in [-0.25, -0.2) is 18.4 Å². The van der Waals surface area contributed by atoms with Gasteiger partial charge in [-0.3, -0.25) is 10.1 Å². The van der Waals surface area contributed by atoms with Crippen molar-refractivity contribution < 1.29 is 42.5 Å². The molecular formula is C44H54F2N4O8S2Si. The second kappa shape index (κ2) is 19.3. The normalized spacial score (nSPS) is 16.8. The fraction of sp³-hybridized carbons (Fsp3) is 0.432. The highest BCUT2D eigenvalue weighted by atomic mass is 32.1. The Morgan fingerprint density at radius 1 is 0.984 bits per heavy atom. The molecule has 12 nitrogen and oxygen atoms in total. The van der Waals surface area contributed by atoms with Gasteiger partial charge in [-0.2, -0.15) is 0 Å². The molecule has 6 rings (SSSR count). The lowest BCUT2D eigenvalue weighted by Gasteiger charge is -2.39. The van der Waals surface area contributed by atoms with Gasteiger partial charge >= 0.3 is 12.1 Å². The number of amides is 1. The van der Waals surface area contributed by atoms with E-state index in [4.69, 9.17) is 13.9 Å². The number of aromatic hydroxyl groups is 1. The minimum absolute atomic E-state index is 0.00251. The molecule has 0 saturated heterocycles. The molecule has 1 aliphatic carbocycles. The Bertz CT molecular complexity index is 2310. The fourth-order valence-electron chi connectivity index (χ4n) is 7.19. The molecule has 0 aliphatic heterocycles. The molecule has 1 aliphatic rings. The summed E-state index contributed by atoms with van der Waals surface area (Å²) in [4.78, 5) is 43.8. The average Bonchev–Trinajstić information content (AvgIpc) is 3.96. The molecule has 61 heavy (non-hydrogen) atoms. The minimum atomic E-state index is -2.37. The number of nitrogens with one attached hydrogen (secondary N) is 3. The third-order valence-electron chi connectivity index (χ3n) is 11.8. The van der Waals surface area contributed by atoms with Crippen LogP contribution in [0.1, 0.15) is 73.4 Å². The van der Waals surface area contributed by atoms with Crippen LogP contribution in [0.3, 0.4) is 0 Å². The van der Waals surface area contributed by atoms with Crippen molar-refractivity contribution in [3.63, 3.8) is 0 Å². The summed E-state index contributed by atoms with van der Waals surface area (Å²) in [5.74, 6) is -2.33. The van der Waals surface area contributed by atoms with Gasteiger partial charge in [0.25, 0.3) is 0 Å². The number of hydrogen-bond donors (Lipinski definition) is 5. The largest absolute Gasteiger partial charge is 0.506 e. The molecule has 1 atom stereocenters. The van der Waals surface area contributed by atoms with Gasteiger partial charge < -0.3 is 39.3 Å². The Kier molecular flexibility index (Phi) is 14.5. The van der Waals surface area contributed by atoms with Gasteiger partial charge in [0.15, 0.2) is 8.32 Å². The van der Waals surface area contributed by atoms with E-state index in [-0.39, 0.29) is 65.0 Å². The van der Waals surface area contributed by atoms with E-state index in [1.807, 2.05) is 22.7 Å². The number of halogens is 2. The fourth-order valence-corrected chi connectivity index (χ4v) is 10.2. The van der Waals surface area contributed by atoms with Crippen LogP contribution in [0.2, 0.25) is 18.1 Å². The summed E-state index contributed by atoms with van der Waals surface area (Å²) in [7, 11) is -0.467. The van der Waals surface area contributed by atoms with Crippen molar-refractivity contribution in [2.24, 2.45) is 0 Å². The smallest absolute Gasteiger partial charge is 0.411 e. The van der Waals surface area contributed by atoms with E-state index in [1.165, 1.54) is 34.8 Å². The van der Waals surface area contributed by atoms with Gasteiger partial charge in [-0.1, -0.05) is 39.0 Å². The van der Waals surface area contributed by atoms with Crippen LogP contribution >= 0.6 is 22.7 Å². The number of ether oxygens (including phenoxy) is 2. The van der Waals surface area contributed by atoms with Gasteiger partial charge in [0.1, 0.15) is 30.1 Å². The predicted molar refractivity (Wildman–Crippen MR) is 237 cm³/mol. The van der Waals surface area contributed by atoms with Crippen molar-refractivity contribution in [2.75, 3.05) is 32.1 Å². The number of anilines is 1. The first-order valence-electron chi connectivity index (χ1n) is 20.2. The molecule has 1 amide bonds. The molecule has 5 N–H and O–H groups in total. The van der Waals surface area contributed by atoms with Crippen LogP contribution in [0.4, 0.5) is 19.3 Å². The molecule has 1 fully saturated rings. The molecule has 0 bridgehead atoms. The molecular weight excluding hydrogens is 843 g/mol. The molecule has 5 aromatic rings. The topological polar surface area (TPSA) is 162 Å². The van der Waals surface area contributed by atoms with E-state index in [1.54, 1.807) is 36.4 Å². The number of nitrogens with zero attached hydrogens (tertiary/aromatic N) is 1. The first kappa shape index (κ1) is 46.0. The van der Waals surface area contributed by atoms with Crippen molar-refractivity contribution in [1.29, 1.82) is 0 Å². The number of benzene rings is 2. The van der Waals surface area contributed by atoms with E-state index in [0.717, 1.165) is 30.5 Å². The highest BCUT2D eigenvalue weighted by Gasteiger charge is 2.45. The number of rotatable bonds is 16. The SMILES string of the molecule is CN(CCOC(=O)Nc1cc(F)c(CNC[C@@H](O[Si](C)(C)C(C)(C)C)c2ccc(O)c3[nH]c(=O)ccc23)cc1F)C1CCC(OC(=O)C(O)(c2cccs2)c2cccs2)CC1. The summed E-state index contributed by atoms with van der Waals surface area (Å²) in [6.07, 6.45) is 0.831. The van der Waals surface area contributed by atoms with E-state index in [2.05, 4.69) is 49.5 Å². The number of esters is 1. The third-order valence-corrected chi connectivity index (χ3v) is 18.2. The third kappa shape index (κ3) is 10.8. The van der Waals surface area contributed by atoms with Crippen LogP contribution in [-0.4, -0.2) is 79.4 Å². The lowest BCUT2D eigenvalue weighted by Crippen LogP contribution is -2.43. The van der Waals surface area contributed by atoms with E-state index < -0.39 is 43.7 Å². The lowest BCUT2D eigenvalue weighted by atomic mass is 9.91. The van der Waals surface area contributed by atoms with Gasteiger partial charge in [-0.05, 0) is 97.5 Å². The van der Waals surface area contributed by atoms with Crippen LogP contribution in [0.5, 0.6) is 5.75 Å². The molecule has 3 heterocycles. The maximum atomic E-state index is 15.4. The number of hydrogen-bond acceptors (Lipinski definition) is 12. The molecule has 3 aromatic heterocycles. The number of carbonyl (C=O) groups is 2. The number of phenols is 1. The summed E-state index contributed by atoms with van der Waals surface area (Å²) in [5, 5.41) is 31.6. The molecule has 2 aromatic carbocycles. The maximum absolute atomic E-state index is 15.4. The van der Waals surface area contributed by atoms with Gasteiger partial charge in [0.2, 0.25) is 11.2 Å². The average molecular weight is 897 g/mol. The zero-order valence-corrected chi connectivity index (χ0v) is 37.8. The Labute approximate surface area is 363 Å². The second-order valence-electron chi connectivity index (χ2n) is 16.9. The molecule has 17 heteroatoms. The first-order chi connectivity index (χ1) is 28.9. The van der Waals surface area contributed by atoms with E-state index >= 15 is 8.78 Å². The van der Waals surface area contributed by atoms with Crippen molar-refractivity contribution in [3.8, 4) is 5.75 Å². The number of phenolic OH excluding ortho intramolecular Hbond substituents is 1. The van der Waals surface area contributed by atoms with Crippen molar-refractivity contribution in [2.45, 2.75) is 95.0 Å². The monoisotopic (exact) mass is 896 g/mol. The van der Waals surface area contributed by atoms with Gasteiger partial charge in [0, 0.05) is 48.8 Å². The quantitative estimate of drug-likeness (QED) is 0.0478. The van der Waals surface area contributed by atoms with Gasteiger partial charge in [0.05, 0.1) is 27.1 Å². The highest BCUT2D eigenvalue weighted by molar-refractivity contribution is 7.12. The van der Waals surface area contributed by atoms with Crippen molar-refractivity contribution >= 4 is 59.6 Å². The van der Waals surface area contributed by atoms with E-state index in [0.29, 0.717) is 34.5 Å². The number of H-pyrrole nitrogens is 1. The molecule has 328 valence electrons. The zero-order valence-electron chi connectivity index (χ0n) is 35.2. The number of pyridine rings is 1. The zero-order chi connectivity index (χ0) is 44.1. The molecule has 1 saturated carbocycles. The van der Waals surface area contributed by atoms with Crippen molar-refractivity contribution in [3.05, 3.63) is 114 Å². The van der Waals surface area contributed by atoms with Crippen LogP contribution in [0, 0.1) is 11.6 Å². The van der Waals surface area contributed by atoms with E-state index in [9.17, 15) is 24.6 Å². The Balaban J connectivity index is 0.981. The number of fused-ring (bicyclic) bond motifs is 1.